The van der Waals surface area contributed by atoms with Crippen LogP contribution in [0, 0.1) is 5.92 Å². The molecule has 8 heteroatoms. The highest BCUT2D eigenvalue weighted by molar-refractivity contribution is 7.61. The van der Waals surface area contributed by atoms with Crippen LogP contribution in [0.1, 0.15) is 39.5 Å². The Bertz CT molecular complexity index is 583. The quantitative estimate of drug-likeness (QED) is 0.382. The molecule has 0 aliphatic heterocycles. The molecule has 2 rings (SSSR count). The molecule has 0 radical (unpaired) electrons. The molecule has 0 spiro atoms. The van der Waals surface area contributed by atoms with E-state index in [1.165, 1.54) is 0 Å². The monoisotopic (exact) mass is 429 g/mol. The van der Waals surface area contributed by atoms with E-state index < -0.39 is 16.5 Å². The van der Waals surface area contributed by atoms with E-state index in [2.05, 4.69) is 13.8 Å². The lowest BCUT2D eigenvalue weighted by molar-refractivity contribution is 0.329. The van der Waals surface area contributed by atoms with Crippen molar-refractivity contribution < 1.29 is 28.6 Å². The molecule has 0 aliphatic carbocycles. The average Bonchev–Trinajstić information content (AvgIpc) is 2.66. The van der Waals surface area contributed by atoms with Gasteiger partial charge in [-0.3, -0.25) is 9.05 Å². The molecule has 6 nitrogen and oxygen atoms in total. The summed E-state index contributed by atoms with van der Waals surface area (Å²) in [5.74, 6) is 1.69. The van der Waals surface area contributed by atoms with Gasteiger partial charge in [0.2, 0.25) is 0 Å². The predicted molar refractivity (Wildman–Crippen MR) is 115 cm³/mol. The Kier molecular flexibility index (Phi) is 12.2. The van der Waals surface area contributed by atoms with Gasteiger partial charge in [0.25, 0.3) is 0 Å². The normalized spacial score (nSPS) is 12.1. The van der Waals surface area contributed by atoms with Crippen molar-refractivity contribution in [2.75, 3.05) is 6.16 Å². The zero-order valence-electron chi connectivity index (χ0n) is 16.4. The van der Waals surface area contributed by atoms with Gasteiger partial charge in [0.05, 0.1) is 0 Å². The third-order valence-corrected chi connectivity index (χ3v) is 5.98. The molecule has 0 heterocycles. The smallest absolute Gasteiger partial charge is 0.328 e. The Hall–Kier alpha value is -1.26. The average molecular weight is 429 g/mol. The van der Waals surface area contributed by atoms with Gasteiger partial charge in [-0.05, 0) is 37.1 Å². The maximum atomic E-state index is 11.2. The first-order chi connectivity index (χ1) is 13.4. The Balaban J connectivity index is 0.000000892. The van der Waals surface area contributed by atoms with Crippen molar-refractivity contribution in [2.45, 2.75) is 39.5 Å². The van der Waals surface area contributed by atoms with Gasteiger partial charge < -0.3 is 14.7 Å². The fourth-order valence-electron chi connectivity index (χ4n) is 2.63. The predicted octanol–water partition coefficient (Wildman–Crippen LogP) is 5.31. The van der Waals surface area contributed by atoms with Gasteiger partial charge in [0.15, 0.2) is 17.7 Å². The maximum absolute atomic E-state index is 11.2. The van der Waals surface area contributed by atoms with Crippen LogP contribution in [-0.4, -0.2) is 25.7 Å². The van der Waals surface area contributed by atoms with E-state index >= 15 is 0 Å². The summed E-state index contributed by atoms with van der Waals surface area (Å²) in [6.07, 6.45) is 4.97. The molecule has 4 N–H and O–H groups in total. The van der Waals surface area contributed by atoms with Crippen LogP contribution in [0.3, 0.4) is 0 Å². The van der Waals surface area contributed by atoms with Crippen LogP contribution in [0.2, 0.25) is 0 Å². The van der Waals surface area contributed by atoms with Crippen LogP contribution >= 0.6 is 16.5 Å². The molecule has 0 aromatic heterocycles. The highest BCUT2D eigenvalue weighted by Gasteiger charge is 2.45. The van der Waals surface area contributed by atoms with Gasteiger partial charge in [-0.1, -0.05) is 63.1 Å². The van der Waals surface area contributed by atoms with E-state index in [9.17, 15) is 4.89 Å². The van der Waals surface area contributed by atoms with Crippen LogP contribution in [0.25, 0.3) is 0 Å². The number of para-hydroxylation sites is 2. The van der Waals surface area contributed by atoms with Gasteiger partial charge in [0.1, 0.15) is 0 Å². The summed E-state index contributed by atoms with van der Waals surface area (Å²) in [5, 5.41) is 0. The molecule has 2 aromatic rings. The van der Waals surface area contributed by atoms with Crippen LogP contribution in [-0.2, 0) is 0 Å². The standard InChI is InChI=1S/C20H28O3P.H3O3P/c1-3-5-12-18(4-2)17-24(21,22-19-13-8-6-9-14-19)23-20-15-10-7-11-16-20;1-4(2)3/h6-11,13-16,18,21H,3-5,12,17H2,1-2H3;1-3H/q+1;. The first-order valence-corrected chi connectivity index (χ1v) is 12.3. The second-order valence-corrected chi connectivity index (χ2v) is 8.86. The number of hydrogen-bond donors (Lipinski definition) is 4. The number of hydrogen-bond acceptors (Lipinski definition) is 6. The van der Waals surface area contributed by atoms with E-state index in [-0.39, 0.29) is 0 Å². The maximum Gasteiger partial charge on any atom is 0.495 e. The number of unbranched alkanes of at least 4 members (excludes halogenated alkanes) is 1. The van der Waals surface area contributed by atoms with E-state index in [1.54, 1.807) is 0 Å². The Labute approximate surface area is 169 Å². The molecule has 0 aliphatic rings. The zero-order valence-corrected chi connectivity index (χ0v) is 18.2. The molecule has 0 saturated carbocycles. The fourth-order valence-corrected chi connectivity index (χ4v) is 4.81. The molecule has 28 heavy (non-hydrogen) atoms. The minimum absolute atomic E-state index is 0.399. The van der Waals surface area contributed by atoms with Crippen molar-refractivity contribution in [1.82, 2.24) is 0 Å². The third kappa shape index (κ3) is 10.9. The Morgan fingerprint density at radius 2 is 1.29 bits per heavy atom. The van der Waals surface area contributed by atoms with Gasteiger partial charge in [-0.25, -0.2) is 0 Å². The highest BCUT2D eigenvalue weighted by Crippen LogP contribution is 2.58. The van der Waals surface area contributed by atoms with Gasteiger partial charge >= 0.3 is 16.5 Å². The topological polar surface area (TPSA) is 99.4 Å². The minimum Gasteiger partial charge on any atom is -0.328 e. The van der Waals surface area contributed by atoms with Crippen LogP contribution in [0.5, 0.6) is 11.5 Å². The van der Waals surface area contributed by atoms with Crippen LogP contribution < -0.4 is 9.05 Å². The summed E-state index contributed by atoms with van der Waals surface area (Å²) in [7, 11) is -5.65. The van der Waals surface area contributed by atoms with E-state index in [1.807, 2.05) is 60.7 Å². The van der Waals surface area contributed by atoms with Crippen molar-refractivity contribution >= 4 is 16.5 Å². The van der Waals surface area contributed by atoms with Crippen molar-refractivity contribution in [3.8, 4) is 11.5 Å². The van der Waals surface area contributed by atoms with E-state index in [4.69, 9.17) is 23.7 Å². The molecule has 156 valence electrons. The minimum atomic E-state index is -3.03. The summed E-state index contributed by atoms with van der Waals surface area (Å²) in [6, 6.07) is 18.9. The van der Waals surface area contributed by atoms with Crippen LogP contribution in [0.15, 0.2) is 60.7 Å². The van der Waals surface area contributed by atoms with Crippen LogP contribution in [0.4, 0.5) is 0 Å². The summed E-state index contributed by atoms with van der Waals surface area (Å²) in [4.78, 5) is 32.9. The number of benzene rings is 2. The lowest BCUT2D eigenvalue weighted by atomic mass is 10.0. The molecule has 2 aromatic carbocycles. The Morgan fingerprint density at radius 3 is 1.64 bits per heavy atom. The first-order valence-electron chi connectivity index (χ1n) is 9.35. The number of rotatable bonds is 10. The molecular formula is C20H31O6P2+. The van der Waals surface area contributed by atoms with Crippen molar-refractivity contribution in [1.29, 1.82) is 0 Å². The lowest BCUT2D eigenvalue weighted by Crippen LogP contribution is -2.18. The summed E-state index contributed by atoms with van der Waals surface area (Å²) >= 11 is 0. The summed E-state index contributed by atoms with van der Waals surface area (Å²) in [6.45, 7) is 4.35. The second-order valence-electron chi connectivity index (χ2n) is 6.31. The molecule has 1 unspecified atom stereocenters. The van der Waals surface area contributed by atoms with Gasteiger partial charge in [-0.15, -0.1) is 0 Å². The van der Waals surface area contributed by atoms with Crippen molar-refractivity contribution in [3.05, 3.63) is 60.7 Å². The third-order valence-electron chi connectivity index (χ3n) is 4.01. The lowest BCUT2D eigenvalue weighted by Gasteiger charge is -2.22. The summed E-state index contributed by atoms with van der Waals surface area (Å²) < 4.78 is 11.9. The van der Waals surface area contributed by atoms with E-state index in [0.29, 0.717) is 23.6 Å². The van der Waals surface area contributed by atoms with Gasteiger partial charge in [-0.2, -0.15) is 4.89 Å². The summed E-state index contributed by atoms with van der Waals surface area (Å²) in [5.41, 5.74) is 0. The Morgan fingerprint density at radius 1 is 0.857 bits per heavy atom. The molecule has 1 atom stereocenters. The molecule has 0 amide bonds. The van der Waals surface area contributed by atoms with E-state index in [0.717, 1.165) is 25.7 Å². The first kappa shape index (κ1) is 24.8. The van der Waals surface area contributed by atoms with Crippen molar-refractivity contribution in [2.24, 2.45) is 5.92 Å². The molecular weight excluding hydrogens is 398 g/mol. The molecule has 0 saturated heterocycles. The largest absolute Gasteiger partial charge is 0.495 e. The molecule has 0 bridgehead atoms. The zero-order chi connectivity index (χ0) is 20.8. The van der Waals surface area contributed by atoms with Crippen molar-refractivity contribution in [3.63, 3.8) is 0 Å². The SMILES string of the molecule is CCCCC(CC)C[P+](O)(Oc1ccccc1)Oc1ccccc1.OP(O)O. The second kappa shape index (κ2) is 13.8. The molecule has 0 fully saturated rings. The highest BCUT2D eigenvalue weighted by atomic mass is 31.2. The van der Waals surface area contributed by atoms with Gasteiger partial charge in [0, 0.05) is 5.92 Å². The fraction of sp³-hybridized carbons (Fsp3) is 0.400.